The summed E-state index contributed by atoms with van der Waals surface area (Å²) in [4.78, 5) is 38.1. The monoisotopic (exact) mass is 387 g/mol. The highest BCUT2D eigenvalue weighted by molar-refractivity contribution is 5.94. The Balaban J connectivity index is 1.44. The number of aromatic amines is 1. The highest BCUT2D eigenvalue weighted by atomic mass is 16.3. The highest BCUT2D eigenvalue weighted by Crippen LogP contribution is 2.25. The van der Waals surface area contributed by atoms with Gasteiger partial charge in [-0.2, -0.15) is 5.10 Å². The molecule has 0 aliphatic heterocycles. The maximum absolute atomic E-state index is 12.4. The molecule has 28 heavy (non-hydrogen) atoms. The molecule has 9 nitrogen and oxygen atoms in total. The number of nitrogens with one attached hydrogen (secondary N) is 3. The second-order valence-electron chi connectivity index (χ2n) is 7.16. The molecule has 0 bridgehead atoms. The molecule has 1 fully saturated rings. The standard InChI is InChI=1S/C19H25N5O4/c1-24-11-12(9-22-24)6-7-20-18(27)13-2-4-15(16(25)8-13)23-19(28)14-3-5-17(26)21-10-14/h3,5,9-11,13,15-16,25H,2,4,6-8H2,1H3,(H,20,27)(H,21,26)(H,23,28)/t13-,15+,16+/m0/s1. The summed E-state index contributed by atoms with van der Waals surface area (Å²) in [6.07, 6.45) is 6.32. The molecular formula is C19H25N5O4. The Morgan fingerprint density at radius 2 is 2.18 bits per heavy atom. The summed E-state index contributed by atoms with van der Waals surface area (Å²) < 4.78 is 1.72. The molecule has 4 N–H and O–H groups in total. The van der Waals surface area contributed by atoms with Crippen molar-refractivity contribution in [3.63, 3.8) is 0 Å². The van der Waals surface area contributed by atoms with Crippen LogP contribution in [-0.4, -0.2) is 50.4 Å². The van der Waals surface area contributed by atoms with Crippen LogP contribution < -0.4 is 16.2 Å². The van der Waals surface area contributed by atoms with Crippen molar-refractivity contribution in [1.29, 1.82) is 0 Å². The topological polar surface area (TPSA) is 129 Å². The lowest BCUT2D eigenvalue weighted by atomic mass is 9.83. The molecule has 150 valence electrons. The molecule has 3 atom stereocenters. The van der Waals surface area contributed by atoms with Crippen molar-refractivity contribution in [2.24, 2.45) is 13.0 Å². The van der Waals surface area contributed by atoms with Crippen LogP contribution in [0.5, 0.6) is 0 Å². The van der Waals surface area contributed by atoms with Crippen LogP contribution in [0.2, 0.25) is 0 Å². The third kappa shape index (κ3) is 5.07. The van der Waals surface area contributed by atoms with Gasteiger partial charge in [0, 0.05) is 38.0 Å². The Labute approximate surface area is 162 Å². The summed E-state index contributed by atoms with van der Waals surface area (Å²) in [7, 11) is 1.85. The molecule has 0 saturated heterocycles. The highest BCUT2D eigenvalue weighted by Gasteiger charge is 2.33. The number of hydrogen-bond donors (Lipinski definition) is 4. The fourth-order valence-corrected chi connectivity index (χ4v) is 3.43. The van der Waals surface area contributed by atoms with Crippen molar-refractivity contribution in [3.8, 4) is 0 Å². The fraction of sp³-hybridized carbons (Fsp3) is 0.474. The summed E-state index contributed by atoms with van der Waals surface area (Å²) in [5, 5.41) is 20.2. The van der Waals surface area contributed by atoms with Crippen molar-refractivity contribution >= 4 is 11.8 Å². The minimum atomic E-state index is -0.797. The number of rotatable bonds is 6. The van der Waals surface area contributed by atoms with Gasteiger partial charge in [0.05, 0.1) is 23.9 Å². The normalized spacial score (nSPS) is 21.9. The summed E-state index contributed by atoms with van der Waals surface area (Å²) in [5.74, 6) is -0.710. The largest absolute Gasteiger partial charge is 0.391 e. The number of carbonyl (C=O) groups is 2. The average Bonchev–Trinajstić information content (AvgIpc) is 3.09. The minimum Gasteiger partial charge on any atom is -0.391 e. The number of aryl methyl sites for hydroxylation is 1. The summed E-state index contributed by atoms with van der Waals surface area (Å²) in [5.41, 5.74) is 1.09. The van der Waals surface area contributed by atoms with Crippen molar-refractivity contribution in [1.82, 2.24) is 25.4 Å². The second kappa shape index (κ2) is 8.83. The lowest BCUT2D eigenvalue weighted by Crippen LogP contribution is -2.49. The Morgan fingerprint density at radius 3 is 2.82 bits per heavy atom. The van der Waals surface area contributed by atoms with E-state index in [0.29, 0.717) is 37.8 Å². The Hall–Kier alpha value is -2.94. The Kier molecular flexibility index (Phi) is 6.25. The van der Waals surface area contributed by atoms with Gasteiger partial charge in [0.2, 0.25) is 11.5 Å². The first kappa shape index (κ1) is 19.8. The summed E-state index contributed by atoms with van der Waals surface area (Å²) >= 11 is 0. The van der Waals surface area contributed by atoms with Gasteiger partial charge in [-0.1, -0.05) is 0 Å². The maximum atomic E-state index is 12.4. The van der Waals surface area contributed by atoms with Gasteiger partial charge in [-0.15, -0.1) is 0 Å². The van der Waals surface area contributed by atoms with Crippen LogP contribution >= 0.6 is 0 Å². The van der Waals surface area contributed by atoms with E-state index >= 15 is 0 Å². The minimum absolute atomic E-state index is 0.0756. The van der Waals surface area contributed by atoms with E-state index in [9.17, 15) is 19.5 Å². The molecule has 1 aliphatic rings. The van der Waals surface area contributed by atoms with Crippen LogP contribution in [0.25, 0.3) is 0 Å². The van der Waals surface area contributed by atoms with E-state index in [1.807, 2.05) is 13.2 Å². The number of nitrogens with zero attached hydrogens (tertiary/aromatic N) is 2. The van der Waals surface area contributed by atoms with E-state index in [2.05, 4.69) is 20.7 Å². The first-order chi connectivity index (χ1) is 13.4. The smallest absolute Gasteiger partial charge is 0.253 e. The molecule has 9 heteroatoms. The van der Waals surface area contributed by atoms with E-state index in [0.717, 1.165) is 5.56 Å². The first-order valence-corrected chi connectivity index (χ1v) is 9.35. The van der Waals surface area contributed by atoms with Gasteiger partial charge in [0.15, 0.2) is 0 Å². The van der Waals surface area contributed by atoms with E-state index in [-0.39, 0.29) is 23.3 Å². The van der Waals surface area contributed by atoms with Gasteiger partial charge >= 0.3 is 0 Å². The van der Waals surface area contributed by atoms with Gasteiger partial charge in [-0.3, -0.25) is 19.1 Å². The Bertz CT molecular complexity index is 870. The van der Waals surface area contributed by atoms with Crippen LogP contribution in [0.4, 0.5) is 0 Å². The number of aliphatic hydroxyl groups is 1. The number of carbonyl (C=O) groups excluding carboxylic acids is 2. The molecule has 2 heterocycles. The number of H-pyrrole nitrogens is 1. The Morgan fingerprint density at radius 1 is 1.36 bits per heavy atom. The summed E-state index contributed by atoms with van der Waals surface area (Å²) in [6.45, 7) is 0.517. The maximum Gasteiger partial charge on any atom is 0.253 e. The van der Waals surface area contributed by atoms with Crippen molar-refractivity contribution < 1.29 is 14.7 Å². The van der Waals surface area contributed by atoms with Gasteiger partial charge in [0.25, 0.3) is 5.91 Å². The molecule has 1 aliphatic carbocycles. The van der Waals surface area contributed by atoms with E-state index < -0.39 is 12.1 Å². The lowest BCUT2D eigenvalue weighted by Gasteiger charge is -2.33. The van der Waals surface area contributed by atoms with Gasteiger partial charge in [-0.05, 0) is 37.3 Å². The van der Waals surface area contributed by atoms with Crippen LogP contribution in [0.1, 0.15) is 35.2 Å². The molecule has 0 unspecified atom stereocenters. The zero-order chi connectivity index (χ0) is 20.1. The third-order valence-electron chi connectivity index (χ3n) is 5.02. The van der Waals surface area contributed by atoms with E-state index in [1.54, 1.807) is 10.9 Å². The van der Waals surface area contributed by atoms with Crippen molar-refractivity contribution in [2.45, 2.75) is 37.8 Å². The SMILES string of the molecule is Cn1cc(CCNC(=O)[C@H]2CC[C@@H](NC(=O)c3ccc(=O)[nH]c3)[C@H](O)C2)cn1. The lowest BCUT2D eigenvalue weighted by molar-refractivity contribution is -0.127. The van der Waals surface area contributed by atoms with Gasteiger partial charge < -0.3 is 20.7 Å². The molecular weight excluding hydrogens is 362 g/mol. The van der Waals surface area contributed by atoms with E-state index in [1.165, 1.54) is 18.3 Å². The number of amides is 2. The van der Waals surface area contributed by atoms with Crippen molar-refractivity contribution in [2.75, 3.05) is 6.54 Å². The zero-order valence-electron chi connectivity index (χ0n) is 15.7. The number of aromatic nitrogens is 3. The van der Waals surface area contributed by atoms with Crippen LogP contribution in [-0.2, 0) is 18.3 Å². The number of hydrogen-bond acceptors (Lipinski definition) is 5. The van der Waals surface area contributed by atoms with Crippen LogP contribution in [0, 0.1) is 5.92 Å². The predicted molar refractivity (Wildman–Crippen MR) is 102 cm³/mol. The molecule has 2 amide bonds. The molecule has 1 saturated carbocycles. The molecule has 0 aromatic carbocycles. The molecule has 3 rings (SSSR count). The molecule has 2 aromatic heterocycles. The van der Waals surface area contributed by atoms with Crippen LogP contribution in [0.15, 0.2) is 35.5 Å². The van der Waals surface area contributed by atoms with Crippen LogP contribution in [0.3, 0.4) is 0 Å². The fourth-order valence-electron chi connectivity index (χ4n) is 3.43. The molecule has 0 spiro atoms. The number of aliphatic hydroxyl groups excluding tert-OH is 1. The van der Waals surface area contributed by atoms with Gasteiger partial charge in [-0.25, -0.2) is 0 Å². The molecule has 2 aromatic rings. The van der Waals surface area contributed by atoms with E-state index in [4.69, 9.17) is 0 Å². The van der Waals surface area contributed by atoms with Crippen molar-refractivity contribution in [3.05, 3.63) is 52.2 Å². The zero-order valence-corrected chi connectivity index (χ0v) is 15.7. The second-order valence-corrected chi connectivity index (χ2v) is 7.16. The van der Waals surface area contributed by atoms with Gasteiger partial charge in [0.1, 0.15) is 0 Å². The summed E-state index contributed by atoms with van der Waals surface area (Å²) in [6, 6.07) is 2.29. The third-order valence-corrected chi connectivity index (χ3v) is 5.02. The number of pyridine rings is 1. The average molecular weight is 387 g/mol. The predicted octanol–water partition coefficient (Wildman–Crippen LogP) is -0.273. The first-order valence-electron chi connectivity index (χ1n) is 9.35. The quantitative estimate of drug-likeness (QED) is 0.542. The molecule has 0 radical (unpaired) electrons.